The van der Waals surface area contributed by atoms with Crippen LogP contribution in [0.2, 0.25) is 0 Å². The average Bonchev–Trinajstić information content (AvgIpc) is 2.74. The zero-order valence-electron chi connectivity index (χ0n) is 9.94. The Bertz CT molecular complexity index is 295. The minimum absolute atomic E-state index is 0.616. The van der Waals surface area contributed by atoms with Crippen molar-refractivity contribution in [1.29, 1.82) is 0 Å². The fourth-order valence-corrected chi connectivity index (χ4v) is 1.43. The normalized spacial score (nSPS) is 10.4. The molecule has 0 saturated carbocycles. The molecular formula is C11H20N4S. The molecule has 0 aliphatic heterocycles. The Hall–Kier alpha value is -1.10. The molecule has 0 unspecified atom stereocenters. The number of hydrogen-bond donors (Lipinski definition) is 2. The number of thiocarbonyl (C=S) groups is 1. The first-order chi connectivity index (χ1) is 7.68. The lowest BCUT2D eigenvalue weighted by Crippen LogP contribution is -2.37. The third-order valence-electron chi connectivity index (χ3n) is 2.11. The highest BCUT2D eigenvalue weighted by molar-refractivity contribution is 7.80. The van der Waals surface area contributed by atoms with Crippen LogP contribution in [0.3, 0.4) is 0 Å². The first kappa shape index (κ1) is 13.0. The lowest BCUT2D eigenvalue weighted by Gasteiger charge is -2.12. The highest BCUT2D eigenvalue weighted by Crippen LogP contribution is 1.89. The van der Waals surface area contributed by atoms with E-state index in [1.165, 1.54) is 0 Å². The van der Waals surface area contributed by atoms with Crippen LogP contribution in [0.15, 0.2) is 18.7 Å². The monoisotopic (exact) mass is 240 g/mol. The van der Waals surface area contributed by atoms with E-state index in [9.17, 15) is 0 Å². The van der Waals surface area contributed by atoms with Gasteiger partial charge in [-0.15, -0.1) is 0 Å². The molecule has 1 heterocycles. The van der Waals surface area contributed by atoms with E-state index < -0.39 is 0 Å². The molecule has 1 rings (SSSR count). The van der Waals surface area contributed by atoms with Crippen LogP contribution >= 0.6 is 12.2 Å². The molecule has 0 aliphatic rings. The Morgan fingerprint density at radius 3 is 2.88 bits per heavy atom. The van der Waals surface area contributed by atoms with Crippen molar-refractivity contribution in [3.8, 4) is 0 Å². The molecule has 1 aromatic heterocycles. The molecule has 16 heavy (non-hydrogen) atoms. The second kappa shape index (κ2) is 7.22. The van der Waals surface area contributed by atoms with Crippen LogP contribution < -0.4 is 10.6 Å². The third kappa shape index (κ3) is 5.70. The first-order valence-corrected chi connectivity index (χ1v) is 6.06. The Morgan fingerprint density at radius 1 is 1.44 bits per heavy atom. The van der Waals surface area contributed by atoms with Gasteiger partial charge < -0.3 is 15.2 Å². The second-order valence-corrected chi connectivity index (χ2v) is 4.59. The Morgan fingerprint density at radius 2 is 2.25 bits per heavy atom. The van der Waals surface area contributed by atoms with Crippen molar-refractivity contribution < 1.29 is 0 Å². The van der Waals surface area contributed by atoms with Crippen LogP contribution in [-0.4, -0.2) is 27.8 Å². The van der Waals surface area contributed by atoms with Gasteiger partial charge in [-0.25, -0.2) is 4.98 Å². The topological polar surface area (TPSA) is 41.9 Å². The molecule has 4 nitrogen and oxygen atoms in total. The van der Waals surface area contributed by atoms with Gasteiger partial charge in [0.1, 0.15) is 0 Å². The summed E-state index contributed by atoms with van der Waals surface area (Å²) in [6.45, 7) is 7.11. The summed E-state index contributed by atoms with van der Waals surface area (Å²) < 4.78 is 2.06. The number of rotatable bonds is 6. The van der Waals surface area contributed by atoms with Gasteiger partial charge >= 0.3 is 0 Å². The maximum atomic E-state index is 5.14. The standard InChI is InChI=1S/C11H20N4S/c1-10(2)8-14-11(16)13-4-3-6-15-7-5-12-9-15/h5,7,9-10H,3-4,6,8H2,1-2H3,(H2,13,14,16). The zero-order valence-corrected chi connectivity index (χ0v) is 10.8. The van der Waals surface area contributed by atoms with Crippen molar-refractivity contribution in [3.63, 3.8) is 0 Å². The minimum atomic E-state index is 0.616. The summed E-state index contributed by atoms with van der Waals surface area (Å²) in [5.74, 6) is 0.616. The van der Waals surface area contributed by atoms with E-state index in [1.54, 1.807) is 6.20 Å². The molecule has 0 aromatic carbocycles. The van der Waals surface area contributed by atoms with E-state index in [0.717, 1.165) is 31.2 Å². The van der Waals surface area contributed by atoms with Gasteiger partial charge in [0.05, 0.1) is 6.33 Å². The van der Waals surface area contributed by atoms with E-state index in [0.29, 0.717) is 5.92 Å². The summed E-state index contributed by atoms with van der Waals surface area (Å²) >= 11 is 5.14. The molecule has 5 heteroatoms. The largest absolute Gasteiger partial charge is 0.363 e. The highest BCUT2D eigenvalue weighted by atomic mass is 32.1. The number of nitrogens with zero attached hydrogens (tertiary/aromatic N) is 2. The summed E-state index contributed by atoms with van der Waals surface area (Å²) in [7, 11) is 0. The van der Waals surface area contributed by atoms with Gasteiger partial charge in [-0.2, -0.15) is 0 Å². The molecule has 0 amide bonds. The van der Waals surface area contributed by atoms with E-state index >= 15 is 0 Å². The van der Waals surface area contributed by atoms with Crippen molar-refractivity contribution in [3.05, 3.63) is 18.7 Å². The predicted molar refractivity (Wildman–Crippen MR) is 70.3 cm³/mol. The van der Waals surface area contributed by atoms with Crippen molar-refractivity contribution in [1.82, 2.24) is 20.2 Å². The van der Waals surface area contributed by atoms with Gasteiger partial charge in [0.15, 0.2) is 5.11 Å². The van der Waals surface area contributed by atoms with Gasteiger partial charge in [0.2, 0.25) is 0 Å². The number of hydrogen-bond acceptors (Lipinski definition) is 2. The molecule has 1 aromatic rings. The van der Waals surface area contributed by atoms with Gasteiger partial charge in [0, 0.05) is 32.0 Å². The maximum Gasteiger partial charge on any atom is 0.166 e. The molecule has 0 bridgehead atoms. The lowest BCUT2D eigenvalue weighted by atomic mass is 10.2. The fourth-order valence-electron chi connectivity index (χ4n) is 1.24. The van der Waals surface area contributed by atoms with Crippen LogP contribution in [-0.2, 0) is 6.54 Å². The Balaban J connectivity index is 2.00. The average molecular weight is 240 g/mol. The molecule has 0 atom stereocenters. The van der Waals surface area contributed by atoms with Crippen molar-refractivity contribution in [2.75, 3.05) is 13.1 Å². The Labute approximate surface area is 102 Å². The smallest absolute Gasteiger partial charge is 0.166 e. The SMILES string of the molecule is CC(C)CNC(=S)NCCCn1ccnc1. The van der Waals surface area contributed by atoms with E-state index in [4.69, 9.17) is 12.2 Å². The second-order valence-electron chi connectivity index (χ2n) is 4.18. The molecule has 90 valence electrons. The van der Waals surface area contributed by atoms with Crippen LogP contribution in [0.1, 0.15) is 20.3 Å². The molecule has 0 aliphatic carbocycles. The van der Waals surface area contributed by atoms with Crippen LogP contribution in [0.4, 0.5) is 0 Å². The van der Waals surface area contributed by atoms with Crippen LogP contribution in [0, 0.1) is 5.92 Å². The van der Waals surface area contributed by atoms with E-state index in [2.05, 4.69) is 34.0 Å². The van der Waals surface area contributed by atoms with Crippen molar-refractivity contribution in [2.24, 2.45) is 5.92 Å². The fraction of sp³-hybridized carbons (Fsp3) is 0.636. The summed E-state index contributed by atoms with van der Waals surface area (Å²) in [5.41, 5.74) is 0. The molecular weight excluding hydrogens is 220 g/mol. The molecule has 0 spiro atoms. The minimum Gasteiger partial charge on any atom is -0.363 e. The first-order valence-electron chi connectivity index (χ1n) is 5.66. The number of nitrogens with one attached hydrogen (secondary N) is 2. The number of aromatic nitrogens is 2. The molecule has 0 radical (unpaired) electrons. The summed E-state index contributed by atoms with van der Waals surface area (Å²) in [6.07, 6.45) is 6.63. The van der Waals surface area contributed by atoms with E-state index in [1.807, 2.05) is 12.5 Å². The van der Waals surface area contributed by atoms with Crippen LogP contribution in [0.25, 0.3) is 0 Å². The summed E-state index contributed by atoms with van der Waals surface area (Å²) in [4.78, 5) is 3.99. The van der Waals surface area contributed by atoms with Gasteiger partial charge in [-0.1, -0.05) is 13.8 Å². The van der Waals surface area contributed by atoms with Crippen molar-refractivity contribution >= 4 is 17.3 Å². The summed E-state index contributed by atoms with van der Waals surface area (Å²) in [6, 6.07) is 0. The van der Waals surface area contributed by atoms with Crippen molar-refractivity contribution in [2.45, 2.75) is 26.8 Å². The lowest BCUT2D eigenvalue weighted by molar-refractivity contribution is 0.604. The third-order valence-corrected chi connectivity index (χ3v) is 2.40. The van der Waals surface area contributed by atoms with E-state index in [-0.39, 0.29) is 0 Å². The Kier molecular flexibility index (Phi) is 5.85. The predicted octanol–water partition coefficient (Wildman–Crippen LogP) is 1.39. The molecule has 0 fully saturated rings. The van der Waals surface area contributed by atoms with Gasteiger partial charge in [-0.3, -0.25) is 0 Å². The van der Waals surface area contributed by atoms with Gasteiger partial charge in [-0.05, 0) is 24.6 Å². The van der Waals surface area contributed by atoms with Gasteiger partial charge in [0.25, 0.3) is 0 Å². The molecule has 2 N–H and O–H groups in total. The maximum absolute atomic E-state index is 5.14. The zero-order chi connectivity index (χ0) is 11.8. The number of imidazole rings is 1. The summed E-state index contributed by atoms with van der Waals surface area (Å²) in [5, 5.41) is 7.11. The van der Waals surface area contributed by atoms with Crippen LogP contribution in [0.5, 0.6) is 0 Å². The molecule has 0 saturated heterocycles. The number of aryl methyl sites for hydroxylation is 1. The highest BCUT2D eigenvalue weighted by Gasteiger charge is 1.97. The quantitative estimate of drug-likeness (QED) is 0.582.